The van der Waals surface area contributed by atoms with Crippen LogP contribution in [0, 0.1) is 0 Å². The van der Waals surface area contributed by atoms with E-state index in [2.05, 4.69) is 5.10 Å². The van der Waals surface area contributed by atoms with Gasteiger partial charge in [0.05, 0.1) is 35.0 Å². The summed E-state index contributed by atoms with van der Waals surface area (Å²) in [6, 6.07) is 20.1. The van der Waals surface area contributed by atoms with Gasteiger partial charge in [-0.1, -0.05) is 30.3 Å². The van der Waals surface area contributed by atoms with Crippen molar-refractivity contribution in [3.05, 3.63) is 94.9 Å². The van der Waals surface area contributed by atoms with Crippen molar-refractivity contribution >= 4 is 20.6 Å². The maximum Gasteiger partial charge on any atom is 0.274 e. The zero-order chi connectivity index (χ0) is 20.4. The lowest BCUT2D eigenvalue weighted by atomic mass is 10.2. The van der Waals surface area contributed by atoms with Gasteiger partial charge < -0.3 is 4.74 Å². The molecule has 4 rings (SSSR count). The van der Waals surface area contributed by atoms with Crippen molar-refractivity contribution in [2.45, 2.75) is 16.3 Å². The van der Waals surface area contributed by atoms with E-state index in [4.69, 9.17) is 4.74 Å². The largest absolute Gasteiger partial charge is 0.497 e. The maximum atomic E-state index is 12.8. The molecule has 0 N–H and O–H groups in total. The molecule has 0 aliphatic carbocycles. The minimum Gasteiger partial charge on any atom is -0.497 e. The highest BCUT2D eigenvalue weighted by Gasteiger charge is 2.18. The van der Waals surface area contributed by atoms with Crippen LogP contribution in [0.5, 0.6) is 5.75 Å². The minimum atomic E-state index is -3.66. The van der Waals surface area contributed by atoms with E-state index in [9.17, 15) is 13.2 Å². The number of hydrogen-bond acceptors (Lipinski definition) is 5. The molecular weight excluding hydrogens is 388 g/mol. The quantitative estimate of drug-likeness (QED) is 0.508. The van der Waals surface area contributed by atoms with E-state index in [1.54, 1.807) is 37.4 Å². The van der Waals surface area contributed by atoms with Crippen molar-refractivity contribution in [1.82, 2.24) is 9.78 Å². The number of benzene rings is 3. The van der Waals surface area contributed by atoms with Crippen LogP contribution in [0.15, 0.2) is 93.6 Å². The van der Waals surface area contributed by atoms with Crippen molar-refractivity contribution in [3.8, 4) is 5.75 Å². The molecule has 29 heavy (non-hydrogen) atoms. The van der Waals surface area contributed by atoms with Gasteiger partial charge in [0.2, 0.25) is 9.84 Å². The van der Waals surface area contributed by atoms with Gasteiger partial charge in [-0.15, -0.1) is 0 Å². The third-order valence-electron chi connectivity index (χ3n) is 4.65. The van der Waals surface area contributed by atoms with Crippen molar-refractivity contribution in [1.29, 1.82) is 0 Å². The molecule has 0 amide bonds. The molecule has 1 heterocycles. The second kappa shape index (κ2) is 7.52. The lowest BCUT2D eigenvalue weighted by Crippen LogP contribution is -2.23. The third kappa shape index (κ3) is 3.64. The molecule has 0 fully saturated rings. The highest BCUT2D eigenvalue weighted by atomic mass is 32.2. The highest BCUT2D eigenvalue weighted by molar-refractivity contribution is 7.91. The predicted molar refractivity (Wildman–Crippen MR) is 110 cm³/mol. The molecule has 146 valence electrons. The molecule has 0 saturated heterocycles. The van der Waals surface area contributed by atoms with Crippen LogP contribution in [0.4, 0.5) is 0 Å². The first-order valence-corrected chi connectivity index (χ1v) is 10.4. The fourth-order valence-electron chi connectivity index (χ4n) is 3.13. The minimum absolute atomic E-state index is 0.128. The van der Waals surface area contributed by atoms with E-state index >= 15 is 0 Å². The number of fused-ring (bicyclic) bond motifs is 1. The molecule has 0 unspecified atom stereocenters. The number of aromatic nitrogens is 2. The first kappa shape index (κ1) is 18.9. The van der Waals surface area contributed by atoms with E-state index in [1.807, 2.05) is 24.3 Å². The summed E-state index contributed by atoms with van der Waals surface area (Å²) in [5, 5.41) is 5.11. The van der Waals surface area contributed by atoms with E-state index in [1.165, 1.54) is 29.1 Å². The number of methoxy groups -OCH3 is 1. The Morgan fingerprint density at radius 1 is 0.931 bits per heavy atom. The molecule has 0 spiro atoms. The summed E-state index contributed by atoms with van der Waals surface area (Å²) in [7, 11) is -2.08. The molecule has 0 atom stereocenters. The average molecular weight is 406 g/mol. The molecule has 0 bridgehead atoms. The normalized spacial score (nSPS) is 11.5. The van der Waals surface area contributed by atoms with Crippen LogP contribution in [-0.4, -0.2) is 25.3 Å². The molecule has 0 aliphatic heterocycles. The number of nitrogens with zero attached hydrogens (tertiary/aromatic N) is 2. The van der Waals surface area contributed by atoms with Crippen LogP contribution in [0.3, 0.4) is 0 Å². The van der Waals surface area contributed by atoms with Crippen molar-refractivity contribution in [2.75, 3.05) is 7.11 Å². The zero-order valence-corrected chi connectivity index (χ0v) is 16.5. The Morgan fingerprint density at radius 3 is 2.48 bits per heavy atom. The van der Waals surface area contributed by atoms with E-state index in [-0.39, 0.29) is 21.9 Å². The summed E-state index contributed by atoms with van der Waals surface area (Å²) in [4.78, 5) is 13.2. The first-order chi connectivity index (χ1) is 14.0. The Labute approximate surface area is 167 Å². The molecule has 0 radical (unpaired) electrons. The van der Waals surface area contributed by atoms with Crippen LogP contribution in [-0.2, 0) is 16.4 Å². The van der Waals surface area contributed by atoms with Crippen molar-refractivity contribution in [3.63, 3.8) is 0 Å². The fourth-order valence-corrected chi connectivity index (χ4v) is 4.44. The highest BCUT2D eigenvalue weighted by Crippen LogP contribution is 2.23. The molecule has 1 aromatic heterocycles. The molecule has 4 aromatic rings. The summed E-state index contributed by atoms with van der Waals surface area (Å²) in [5.41, 5.74) is 0.593. The van der Waals surface area contributed by atoms with Gasteiger partial charge in [0, 0.05) is 5.39 Å². The fraction of sp³-hybridized carbons (Fsp3) is 0.0909. The molecule has 3 aromatic carbocycles. The molecule has 0 saturated carbocycles. The van der Waals surface area contributed by atoms with Crippen LogP contribution in [0.2, 0.25) is 0 Å². The second-order valence-corrected chi connectivity index (χ2v) is 8.47. The molecular formula is C22H18N2O4S. The second-order valence-electron chi connectivity index (χ2n) is 6.52. The summed E-state index contributed by atoms with van der Waals surface area (Å²) >= 11 is 0. The number of hydrogen-bond donors (Lipinski definition) is 0. The Kier molecular flexibility index (Phi) is 4.90. The number of rotatable bonds is 5. The van der Waals surface area contributed by atoms with Crippen molar-refractivity contribution in [2.24, 2.45) is 0 Å². The Bertz CT molecular complexity index is 1350. The lowest BCUT2D eigenvalue weighted by Gasteiger charge is -2.09. The van der Waals surface area contributed by atoms with Gasteiger partial charge >= 0.3 is 0 Å². The van der Waals surface area contributed by atoms with Gasteiger partial charge in [0.1, 0.15) is 5.75 Å². The number of ether oxygens (including phenoxy) is 1. The first-order valence-electron chi connectivity index (χ1n) is 8.92. The lowest BCUT2D eigenvalue weighted by molar-refractivity contribution is 0.414. The summed E-state index contributed by atoms with van der Waals surface area (Å²) in [6.07, 6.45) is 1.51. The maximum absolute atomic E-state index is 12.8. The van der Waals surface area contributed by atoms with E-state index in [0.29, 0.717) is 16.5 Å². The summed E-state index contributed by atoms with van der Waals surface area (Å²) < 4.78 is 32.2. The van der Waals surface area contributed by atoms with Crippen LogP contribution >= 0.6 is 0 Å². The van der Waals surface area contributed by atoms with Gasteiger partial charge in [-0.25, -0.2) is 13.1 Å². The molecule has 6 nitrogen and oxygen atoms in total. The van der Waals surface area contributed by atoms with Crippen molar-refractivity contribution < 1.29 is 13.2 Å². The van der Waals surface area contributed by atoms with E-state index < -0.39 is 9.84 Å². The van der Waals surface area contributed by atoms with Gasteiger partial charge in [0.15, 0.2) is 0 Å². The van der Waals surface area contributed by atoms with Crippen LogP contribution in [0.1, 0.15) is 5.56 Å². The Morgan fingerprint density at radius 2 is 1.72 bits per heavy atom. The van der Waals surface area contributed by atoms with Gasteiger partial charge in [-0.2, -0.15) is 5.10 Å². The average Bonchev–Trinajstić information content (AvgIpc) is 2.76. The van der Waals surface area contributed by atoms with Gasteiger partial charge in [0.25, 0.3) is 5.56 Å². The monoisotopic (exact) mass is 406 g/mol. The molecule has 0 aliphatic rings. The standard InChI is InChI=1S/C22H18N2O4S/c1-28-18-7-5-6-16(12-18)15-24-22(25)21-11-10-20(13-17(21)14-23-24)29(26,27)19-8-3-2-4-9-19/h2-14H,15H2,1H3. The summed E-state index contributed by atoms with van der Waals surface area (Å²) in [5.74, 6) is 0.701. The predicted octanol–water partition coefficient (Wildman–Crippen LogP) is 3.29. The topological polar surface area (TPSA) is 78.3 Å². The zero-order valence-electron chi connectivity index (χ0n) is 15.6. The SMILES string of the molecule is COc1cccc(Cn2ncc3cc(S(=O)(=O)c4ccccc4)ccc3c2=O)c1. The summed E-state index contributed by atoms with van der Waals surface area (Å²) in [6.45, 7) is 0.288. The van der Waals surface area contributed by atoms with Crippen LogP contribution < -0.4 is 10.3 Å². The molecule has 7 heteroatoms. The van der Waals surface area contributed by atoms with Crippen LogP contribution in [0.25, 0.3) is 10.8 Å². The Hall–Kier alpha value is -3.45. The Balaban J connectivity index is 1.73. The van der Waals surface area contributed by atoms with Gasteiger partial charge in [-0.3, -0.25) is 4.79 Å². The number of sulfone groups is 1. The third-order valence-corrected chi connectivity index (χ3v) is 6.42. The van der Waals surface area contributed by atoms with Gasteiger partial charge in [-0.05, 0) is 48.0 Å². The van der Waals surface area contributed by atoms with E-state index in [0.717, 1.165) is 5.56 Å². The smallest absolute Gasteiger partial charge is 0.274 e.